The Morgan fingerprint density at radius 3 is 2.60 bits per heavy atom. The van der Waals surface area contributed by atoms with Gasteiger partial charge in [-0.3, -0.25) is 0 Å². The van der Waals surface area contributed by atoms with Crippen molar-refractivity contribution < 1.29 is 13.2 Å². The molecular formula is C13H13BrF3N3. The molecule has 7 heteroatoms. The SMILES string of the molecule is CC(C)Cn1cnnc1-c1ccc(Br)c(C(F)(F)F)c1. The Bertz CT molecular complexity index is 605. The maximum absolute atomic E-state index is 12.9. The molecule has 0 N–H and O–H groups in total. The van der Waals surface area contributed by atoms with Crippen molar-refractivity contribution in [3.8, 4) is 11.4 Å². The summed E-state index contributed by atoms with van der Waals surface area (Å²) in [6.07, 6.45) is -2.87. The van der Waals surface area contributed by atoms with Gasteiger partial charge in [0.05, 0.1) is 5.56 Å². The van der Waals surface area contributed by atoms with E-state index >= 15 is 0 Å². The Hall–Kier alpha value is -1.37. The van der Waals surface area contributed by atoms with Gasteiger partial charge in [0.2, 0.25) is 0 Å². The largest absolute Gasteiger partial charge is 0.417 e. The van der Waals surface area contributed by atoms with Gasteiger partial charge in [-0.15, -0.1) is 10.2 Å². The Balaban J connectivity index is 2.47. The van der Waals surface area contributed by atoms with Crippen LogP contribution in [0.15, 0.2) is 29.0 Å². The summed E-state index contributed by atoms with van der Waals surface area (Å²) in [6.45, 7) is 4.69. The molecule has 2 aromatic rings. The standard InChI is InChI=1S/C13H13BrF3N3/c1-8(2)6-20-7-18-19-12(20)9-3-4-11(14)10(5-9)13(15,16)17/h3-5,7-8H,6H2,1-2H3. The summed E-state index contributed by atoms with van der Waals surface area (Å²) in [5.74, 6) is 0.791. The second-order valence-corrected chi connectivity index (χ2v) is 5.75. The minimum atomic E-state index is -4.41. The molecule has 1 aromatic heterocycles. The highest BCUT2D eigenvalue weighted by atomic mass is 79.9. The third-order valence-electron chi connectivity index (χ3n) is 2.71. The molecule has 0 radical (unpaired) electrons. The average molecular weight is 348 g/mol. The van der Waals surface area contributed by atoms with Gasteiger partial charge in [-0.25, -0.2) is 0 Å². The Labute approximate surface area is 123 Å². The third kappa shape index (κ3) is 3.20. The van der Waals surface area contributed by atoms with Gasteiger partial charge in [0, 0.05) is 16.6 Å². The molecule has 0 aliphatic carbocycles. The van der Waals surface area contributed by atoms with Crippen LogP contribution in [-0.2, 0) is 12.7 Å². The Morgan fingerprint density at radius 2 is 2.00 bits per heavy atom. The smallest absolute Gasteiger partial charge is 0.313 e. The molecule has 0 unspecified atom stereocenters. The van der Waals surface area contributed by atoms with Crippen molar-refractivity contribution >= 4 is 15.9 Å². The number of nitrogens with zero attached hydrogens (tertiary/aromatic N) is 3. The molecule has 0 aliphatic rings. The van der Waals surface area contributed by atoms with E-state index in [1.807, 2.05) is 13.8 Å². The number of hydrogen-bond acceptors (Lipinski definition) is 2. The minimum Gasteiger partial charge on any atom is -0.313 e. The van der Waals surface area contributed by atoms with Crippen molar-refractivity contribution in [1.82, 2.24) is 14.8 Å². The molecular weight excluding hydrogens is 335 g/mol. The quantitative estimate of drug-likeness (QED) is 0.824. The predicted molar refractivity (Wildman–Crippen MR) is 73.0 cm³/mol. The maximum atomic E-state index is 12.9. The normalized spacial score (nSPS) is 12.2. The maximum Gasteiger partial charge on any atom is 0.417 e. The van der Waals surface area contributed by atoms with Crippen LogP contribution in [0.2, 0.25) is 0 Å². The third-order valence-corrected chi connectivity index (χ3v) is 3.40. The van der Waals surface area contributed by atoms with Gasteiger partial charge in [-0.2, -0.15) is 13.2 Å². The second kappa shape index (κ2) is 5.55. The van der Waals surface area contributed by atoms with Gasteiger partial charge in [0.25, 0.3) is 0 Å². The lowest BCUT2D eigenvalue weighted by Crippen LogP contribution is -2.08. The molecule has 0 saturated heterocycles. The molecule has 0 fully saturated rings. The van der Waals surface area contributed by atoms with Gasteiger partial charge in [0.1, 0.15) is 6.33 Å². The molecule has 2 rings (SSSR count). The molecule has 0 aliphatic heterocycles. The number of hydrogen-bond donors (Lipinski definition) is 0. The van der Waals surface area contributed by atoms with Crippen LogP contribution in [0, 0.1) is 5.92 Å². The van der Waals surface area contributed by atoms with E-state index in [1.165, 1.54) is 12.4 Å². The van der Waals surface area contributed by atoms with Crippen LogP contribution in [0.4, 0.5) is 13.2 Å². The summed E-state index contributed by atoms with van der Waals surface area (Å²) >= 11 is 2.93. The zero-order valence-corrected chi connectivity index (χ0v) is 12.5. The summed E-state index contributed by atoms with van der Waals surface area (Å²) in [6, 6.07) is 4.07. The van der Waals surface area contributed by atoms with E-state index in [2.05, 4.69) is 26.1 Å². The summed E-state index contributed by atoms with van der Waals surface area (Å²) in [5, 5.41) is 7.71. The van der Waals surface area contributed by atoms with E-state index < -0.39 is 11.7 Å². The molecule has 0 amide bonds. The monoisotopic (exact) mass is 347 g/mol. The van der Waals surface area contributed by atoms with Crippen molar-refractivity contribution in [2.75, 3.05) is 0 Å². The Kier molecular flexibility index (Phi) is 4.17. The molecule has 1 aromatic carbocycles. The number of alkyl halides is 3. The van der Waals surface area contributed by atoms with Crippen molar-refractivity contribution in [1.29, 1.82) is 0 Å². The highest BCUT2D eigenvalue weighted by molar-refractivity contribution is 9.10. The minimum absolute atomic E-state index is 0.0173. The first-order valence-corrected chi connectivity index (χ1v) is 6.83. The molecule has 20 heavy (non-hydrogen) atoms. The van der Waals surface area contributed by atoms with Crippen molar-refractivity contribution in [3.05, 3.63) is 34.6 Å². The van der Waals surface area contributed by atoms with Gasteiger partial charge >= 0.3 is 6.18 Å². The molecule has 0 spiro atoms. The number of halogens is 4. The lowest BCUT2D eigenvalue weighted by Gasteiger charge is -2.12. The topological polar surface area (TPSA) is 30.7 Å². The second-order valence-electron chi connectivity index (χ2n) is 4.89. The van der Waals surface area contributed by atoms with Crippen LogP contribution in [0.25, 0.3) is 11.4 Å². The molecule has 108 valence electrons. The van der Waals surface area contributed by atoms with Crippen LogP contribution in [0.5, 0.6) is 0 Å². The molecule has 3 nitrogen and oxygen atoms in total. The van der Waals surface area contributed by atoms with E-state index in [0.29, 0.717) is 23.9 Å². The highest BCUT2D eigenvalue weighted by Crippen LogP contribution is 2.37. The van der Waals surface area contributed by atoms with E-state index in [1.54, 1.807) is 10.6 Å². The van der Waals surface area contributed by atoms with Crippen LogP contribution < -0.4 is 0 Å². The predicted octanol–water partition coefficient (Wildman–Crippen LogP) is 4.38. The Morgan fingerprint density at radius 1 is 1.30 bits per heavy atom. The van der Waals surface area contributed by atoms with Crippen LogP contribution in [-0.4, -0.2) is 14.8 Å². The lowest BCUT2D eigenvalue weighted by atomic mass is 10.1. The summed E-state index contributed by atoms with van der Waals surface area (Å²) in [5.41, 5.74) is -0.312. The average Bonchev–Trinajstić information content (AvgIpc) is 2.75. The summed E-state index contributed by atoms with van der Waals surface area (Å²) < 4.78 is 40.5. The first-order chi connectivity index (χ1) is 9.29. The number of aromatic nitrogens is 3. The van der Waals surface area contributed by atoms with E-state index in [-0.39, 0.29) is 4.47 Å². The van der Waals surface area contributed by atoms with Crippen molar-refractivity contribution in [3.63, 3.8) is 0 Å². The first-order valence-electron chi connectivity index (χ1n) is 6.04. The molecule has 0 atom stereocenters. The van der Waals surface area contributed by atoms with Crippen molar-refractivity contribution in [2.24, 2.45) is 5.92 Å². The van der Waals surface area contributed by atoms with E-state index in [9.17, 15) is 13.2 Å². The fourth-order valence-corrected chi connectivity index (χ4v) is 2.36. The fraction of sp³-hybridized carbons (Fsp3) is 0.385. The van der Waals surface area contributed by atoms with Crippen LogP contribution in [0.1, 0.15) is 19.4 Å². The van der Waals surface area contributed by atoms with E-state index in [4.69, 9.17) is 0 Å². The van der Waals surface area contributed by atoms with Gasteiger partial charge < -0.3 is 4.57 Å². The van der Waals surface area contributed by atoms with Gasteiger partial charge in [0.15, 0.2) is 5.82 Å². The summed E-state index contributed by atoms with van der Waals surface area (Å²) in [7, 11) is 0. The number of benzene rings is 1. The first kappa shape index (κ1) is 15.0. The van der Waals surface area contributed by atoms with Crippen molar-refractivity contribution in [2.45, 2.75) is 26.6 Å². The zero-order chi connectivity index (χ0) is 14.9. The molecule has 1 heterocycles. The lowest BCUT2D eigenvalue weighted by molar-refractivity contribution is -0.138. The van der Waals surface area contributed by atoms with Crippen LogP contribution in [0.3, 0.4) is 0 Å². The number of rotatable bonds is 3. The highest BCUT2D eigenvalue weighted by Gasteiger charge is 2.33. The van der Waals surface area contributed by atoms with Gasteiger partial charge in [-0.05, 0) is 18.1 Å². The fourth-order valence-electron chi connectivity index (χ4n) is 1.89. The van der Waals surface area contributed by atoms with E-state index in [0.717, 1.165) is 6.07 Å². The van der Waals surface area contributed by atoms with Crippen LogP contribution >= 0.6 is 15.9 Å². The summed E-state index contributed by atoms with van der Waals surface area (Å²) in [4.78, 5) is 0. The molecule has 0 saturated carbocycles. The van der Waals surface area contributed by atoms with Gasteiger partial charge in [-0.1, -0.05) is 35.8 Å². The zero-order valence-electron chi connectivity index (χ0n) is 10.9. The molecule has 0 bridgehead atoms.